The molecular formula is C17H18O4S. The van der Waals surface area contributed by atoms with Crippen LogP contribution in [0.4, 0.5) is 0 Å². The van der Waals surface area contributed by atoms with Gasteiger partial charge in [0.2, 0.25) is 0 Å². The SMILES string of the molecule is CCOc1ccc(C(C)(Sc2ccc(O)cc2)C(=O)O)cc1. The largest absolute Gasteiger partial charge is 0.508 e. The van der Waals surface area contributed by atoms with Crippen LogP contribution >= 0.6 is 11.8 Å². The van der Waals surface area contributed by atoms with Gasteiger partial charge in [0, 0.05) is 4.90 Å². The third kappa shape index (κ3) is 3.54. The number of rotatable bonds is 6. The first-order valence-electron chi connectivity index (χ1n) is 6.90. The van der Waals surface area contributed by atoms with Crippen molar-refractivity contribution in [3.8, 4) is 11.5 Å². The Morgan fingerprint density at radius 3 is 2.23 bits per heavy atom. The Bertz CT molecular complexity index is 637. The zero-order chi connectivity index (χ0) is 16.2. The van der Waals surface area contributed by atoms with Gasteiger partial charge in [-0.3, -0.25) is 4.79 Å². The molecule has 1 unspecified atom stereocenters. The topological polar surface area (TPSA) is 66.8 Å². The van der Waals surface area contributed by atoms with Gasteiger partial charge in [-0.15, -0.1) is 11.8 Å². The number of carboxylic acids is 1. The number of ether oxygens (including phenoxy) is 1. The predicted molar refractivity (Wildman–Crippen MR) is 86.6 cm³/mol. The molecule has 2 N–H and O–H groups in total. The number of phenols is 1. The summed E-state index contributed by atoms with van der Waals surface area (Å²) in [6, 6.07) is 13.6. The van der Waals surface area contributed by atoms with Crippen LogP contribution < -0.4 is 4.74 Å². The fraction of sp³-hybridized carbons (Fsp3) is 0.235. The van der Waals surface area contributed by atoms with Gasteiger partial charge < -0.3 is 14.9 Å². The van der Waals surface area contributed by atoms with E-state index < -0.39 is 10.7 Å². The molecule has 4 nitrogen and oxygen atoms in total. The van der Waals surface area contributed by atoms with Crippen molar-refractivity contribution in [2.24, 2.45) is 0 Å². The van der Waals surface area contributed by atoms with E-state index in [1.807, 2.05) is 6.92 Å². The van der Waals surface area contributed by atoms with Gasteiger partial charge in [-0.1, -0.05) is 12.1 Å². The van der Waals surface area contributed by atoms with Crippen LogP contribution in [0.1, 0.15) is 19.4 Å². The minimum atomic E-state index is -1.12. The summed E-state index contributed by atoms with van der Waals surface area (Å²) in [4.78, 5) is 12.6. The van der Waals surface area contributed by atoms with E-state index in [0.717, 1.165) is 4.90 Å². The summed E-state index contributed by atoms with van der Waals surface area (Å²) < 4.78 is 4.26. The Morgan fingerprint density at radius 1 is 1.14 bits per heavy atom. The molecule has 2 aromatic carbocycles. The summed E-state index contributed by atoms with van der Waals surface area (Å²) in [5.41, 5.74) is 0.682. The highest BCUT2D eigenvalue weighted by molar-refractivity contribution is 8.01. The number of phenolic OH excluding ortho intramolecular Hbond substituents is 1. The lowest BCUT2D eigenvalue weighted by molar-refractivity contribution is -0.139. The van der Waals surface area contributed by atoms with Gasteiger partial charge in [0.05, 0.1) is 6.61 Å². The van der Waals surface area contributed by atoms with Gasteiger partial charge in [-0.2, -0.15) is 0 Å². The van der Waals surface area contributed by atoms with Crippen LogP contribution in [-0.4, -0.2) is 22.8 Å². The summed E-state index contributed by atoms with van der Waals surface area (Å²) in [5, 5.41) is 19.0. The second-order valence-corrected chi connectivity index (χ2v) is 6.38. The standard InChI is InChI=1S/C17H18O4S/c1-3-21-14-8-4-12(5-9-14)17(2,16(19)20)22-15-10-6-13(18)7-11-15/h4-11,18H,3H2,1-2H3,(H,19,20). The zero-order valence-electron chi connectivity index (χ0n) is 12.4. The fourth-order valence-electron chi connectivity index (χ4n) is 2.01. The molecule has 2 rings (SSSR count). The van der Waals surface area contributed by atoms with Crippen molar-refractivity contribution in [1.29, 1.82) is 0 Å². The van der Waals surface area contributed by atoms with Crippen LogP contribution in [0.2, 0.25) is 0 Å². The molecule has 1 atom stereocenters. The highest BCUT2D eigenvalue weighted by atomic mass is 32.2. The second kappa shape index (κ2) is 6.75. The zero-order valence-corrected chi connectivity index (χ0v) is 13.3. The lowest BCUT2D eigenvalue weighted by atomic mass is 10.0. The smallest absolute Gasteiger partial charge is 0.324 e. The minimum absolute atomic E-state index is 0.155. The maximum absolute atomic E-state index is 11.8. The molecule has 0 bridgehead atoms. The first-order valence-corrected chi connectivity index (χ1v) is 7.72. The van der Waals surface area contributed by atoms with Crippen molar-refractivity contribution in [2.45, 2.75) is 23.5 Å². The Balaban J connectivity index is 2.30. The third-order valence-electron chi connectivity index (χ3n) is 3.28. The van der Waals surface area contributed by atoms with Gasteiger partial charge in [-0.25, -0.2) is 0 Å². The van der Waals surface area contributed by atoms with E-state index in [2.05, 4.69) is 0 Å². The lowest BCUT2D eigenvalue weighted by Crippen LogP contribution is -2.28. The monoisotopic (exact) mass is 318 g/mol. The average Bonchev–Trinajstić information content (AvgIpc) is 2.50. The van der Waals surface area contributed by atoms with E-state index in [4.69, 9.17) is 4.74 Å². The molecule has 2 aromatic rings. The Kier molecular flexibility index (Phi) is 4.98. The molecule has 22 heavy (non-hydrogen) atoms. The average molecular weight is 318 g/mol. The van der Waals surface area contributed by atoms with Crippen molar-refractivity contribution in [3.63, 3.8) is 0 Å². The number of thioether (sulfide) groups is 1. The van der Waals surface area contributed by atoms with E-state index in [1.54, 1.807) is 55.5 Å². The van der Waals surface area contributed by atoms with Crippen LogP contribution in [0.15, 0.2) is 53.4 Å². The van der Waals surface area contributed by atoms with E-state index >= 15 is 0 Å². The second-order valence-electron chi connectivity index (χ2n) is 4.89. The minimum Gasteiger partial charge on any atom is -0.508 e. The van der Waals surface area contributed by atoms with Crippen LogP contribution in [-0.2, 0) is 9.54 Å². The van der Waals surface area contributed by atoms with E-state index in [-0.39, 0.29) is 5.75 Å². The molecule has 0 saturated carbocycles. The van der Waals surface area contributed by atoms with Gasteiger partial charge in [0.1, 0.15) is 16.2 Å². The van der Waals surface area contributed by atoms with Crippen molar-refractivity contribution in [2.75, 3.05) is 6.61 Å². The van der Waals surface area contributed by atoms with Crippen LogP contribution in [0.5, 0.6) is 11.5 Å². The summed E-state index contributed by atoms with van der Waals surface area (Å²) in [6.45, 7) is 4.14. The molecule has 116 valence electrons. The number of aliphatic carboxylic acids is 1. The molecule has 0 aliphatic heterocycles. The lowest BCUT2D eigenvalue weighted by Gasteiger charge is -2.25. The first-order chi connectivity index (χ1) is 10.5. The Morgan fingerprint density at radius 2 is 1.73 bits per heavy atom. The van der Waals surface area contributed by atoms with Crippen LogP contribution in [0, 0.1) is 0 Å². The summed E-state index contributed by atoms with van der Waals surface area (Å²) in [5.74, 6) is -0.0502. The first kappa shape index (κ1) is 16.2. The molecule has 0 fully saturated rings. The van der Waals surface area contributed by atoms with Crippen molar-refractivity contribution in [1.82, 2.24) is 0 Å². The fourth-order valence-corrected chi connectivity index (χ4v) is 3.10. The normalized spacial score (nSPS) is 13.4. The highest BCUT2D eigenvalue weighted by Crippen LogP contribution is 2.42. The Labute approximate surface area is 133 Å². The summed E-state index contributed by atoms with van der Waals surface area (Å²) >= 11 is 1.23. The third-order valence-corrected chi connectivity index (χ3v) is 4.61. The maximum atomic E-state index is 11.8. The molecule has 0 amide bonds. The maximum Gasteiger partial charge on any atom is 0.324 e. The van der Waals surface area contributed by atoms with Crippen molar-refractivity contribution < 1.29 is 19.7 Å². The molecule has 0 aliphatic rings. The summed E-state index contributed by atoms with van der Waals surface area (Å²) in [6.07, 6.45) is 0. The van der Waals surface area contributed by atoms with Crippen molar-refractivity contribution in [3.05, 3.63) is 54.1 Å². The molecule has 0 aliphatic carbocycles. The van der Waals surface area contributed by atoms with E-state index in [9.17, 15) is 15.0 Å². The molecule has 0 aromatic heterocycles. The number of carbonyl (C=O) groups is 1. The van der Waals surface area contributed by atoms with E-state index in [0.29, 0.717) is 17.9 Å². The molecule has 5 heteroatoms. The number of aromatic hydroxyl groups is 1. The van der Waals surface area contributed by atoms with E-state index in [1.165, 1.54) is 11.8 Å². The van der Waals surface area contributed by atoms with Gasteiger partial charge in [-0.05, 0) is 55.8 Å². The molecular weight excluding hydrogens is 300 g/mol. The molecule has 0 saturated heterocycles. The quantitative estimate of drug-likeness (QED) is 0.791. The highest BCUT2D eigenvalue weighted by Gasteiger charge is 2.36. The number of benzene rings is 2. The summed E-state index contributed by atoms with van der Waals surface area (Å²) in [7, 11) is 0. The van der Waals surface area contributed by atoms with Crippen LogP contribution in [0.3, 0.4) is 0 Å². The van der Waals surface area contributed by atoms with Crippen LogP contribution in [0.25, 0.3) is 0 Å². The van der Waals surface area contributed by atoms with Gasteiger partial charge in [0.15, 0.2) is 0 Å². The van der Waals surface area contributed by atoms with Gasteiger partial charge in [0.25, 0.3) is 0 Å². The number of hydrogen-bond donors (Lipinski definition) is 2. The van der Waals surface area contributed by atoms with Gasteiger partial charge >= 0.3 is 5.97 Å². The molecule has 0 heterocycles. The number of carboxylic acid groups (broad SMARTS) is 1. The molecule has 0 radical (unpaired) electrons. The van der Waals surface area contributed by atoms with Crippen molar-refractivity contribution >= 4 is 17.7 Å². The number of hydrogen-bond acceptors (Lipinski definition) is 4. The molecule has 0 spiro atoms. The Hall–Kier alpha value is -2.14. The predicted octanol–water partition coefficient (Wildman–Crippen LogP) is 3.88.